The lowest BCUT2D eigenvalue weighted by Gasteiger charge is -2.23. The van der Waals surface area contributed by atoms with Crippen molar-refractivity contribution in [3.63, 3.8) is 0 Å². The van der Waals surface area contributed by atoms with Gasteiger partial charge in [0.25, 0.3) is 5.69 Å². The number of rotatable bonds is 5. The minimum absolute atomic E-state index is 0.0688. The van der Waals surface area contributed by atoms with Crippen molar-refractivity contribution in [2.24, 2.45) is 0 Å². The van der Waals surface area contributed by atoms with Crippen LogP contribution < -0.4 is 5.32 Å². The highest BCUT2D eigenvalue weighted by atomic mass is 35.5. The fourth-order valence-electron chi connectivity index (χ4n) is 3.16. The van der Waals surface area contributed by atoms with Crippen molar-refractivity contribution in [3.05, 3.63) is 68.2 Å². The van der Waals surface area contributed by atoms with Crippen LogP contribution in [0.25, 0.3) is 0 Å². The summed E-state index contributed by atoms with van der Waals surface area (Å²) in [6.07, 6.45) is 1.55. The van der Waals surface area contributed by atoms with Crippen molar-refractivity contribution in [2.75, 3.05) is 11.9 Å². The van der Waals surface area contributed by atoms with Crippen LogP contribution in [0.5, 0.6) is 0 Å². The topological polar surface area (TPSA) is 75.5 Å². The third kappa shape index (κ3) is 4.15. The van der Waals surface area contributed by atoms with Gasteiger partial charge in [-0.25, -0.2) is 0 Å². The second-order valence-electron chi connectivity index (χ2n) is 6.13. The molecule has 2 aromatic rings. The first kappa shape index (κ1) is 18.6. The Morgan fingerprint density at radius 1 is 1.27 bits per heavy atom. The predicted octanol–water partition coefficient (Wildman–Crippen LogP) is 4.50. The van der Waals surface area contributed by atoms with Crippen molar-refractivity contribution >= 4 is 40.5 Å². The maximum atomic E-state index is 12.7. The van der Waals surface area contributed by atoms with E-state index in [9.17, 15) is 14.9 Å². The molecule has 2 aromatic carbocycles. The summed E-state index contributed by atoms with van der Waals surface area (Å²) in [7, 11) is 0. The lowest BCUT2D eigenvalue weighted by Crippen LogP contribution is -2.39. The molecule has 136 valence electrons. The molecule has 3 rings (SSSR count). The second kappa shape index (κ2) is 8.03. The molecular formula is C18H17Cl2N3O3. The zero-order valence-electron chi connectivity index (χ0n) is 13.8. The van der Waals surface area contributed by atoms with E-state index in [2.05, 4.69) is 5.32 Å². The summed E-state index contributed by atoms with van der Waals surface area (Å²) in [6.45, 7) is 1.06. The molecule has 1 fully saturated rings. The van der Waals surface area contributed by atoms with Gasteiger partial charge in [-0.2, -0.15) is 0 Å². The van der Waals surface area contributed by atoms with Crippen molar-refractivity contribution in [3.8, 4) is 0 Å². The summed E-state index contributed by atoms with van der Waals surface area (Å²) < 4.78 is 0. The first-order valence-electron chi connectivity index (χ1n) is 8.18. The maximum Gasteiger partial charge on any atom is 0.273 e. The number of nitrogens with one attached hydrogen (secondary N) is 1. The Hall–Kier alpha value is -2.15. The summed E-state index contributed by atoms with van der Waals surface area (Å²) >= 11 is 12.0. The van der Waals surface area contributed by atoms with E-state index in [0.717, 1.165) is 6.42 Å². The van der Waals surface area contributed by atoms with Gasteiger partial charge >= 0.3 is 0 Å². The van der Waals surface area contributed by atoms with Crippen molar-refractivity contribution < 1.29 is 9.72 Å². The molecule has 0 aliphatic carbocycles. The molecule has 0 saturated carbocycles. The highest BCUT2D eigenvalue weighted by Crippen LogP contribution is 2.28. The van der Waals surface area contributed by atoms with E-state index in [4.69, 9.17) is 23.2 Å². The number of nitro benzene ring substituents is 1. The quantitative estimate of drug-likeness (QED) is 0.598. The number of likely N-dealkylation sites (tertiary alicyclic amines) is 1. The zero-order chi connectivity index (χ0) is 18.7. The lowest BCUT2D eigenvalue weighted by molar-refractivity contribution is -0.385. The first-order chi connectivity index (χ1) is 12.5. The Bertz CT molecular complexity index is 844. The predicted molar refractivity (Wildman–Crippen MR) is 102 cm³/mol. The standard InChI is InChI=1S/C18H17Cl2N3O3/c19-13-7-8-15(14(20)10-13)21-18(24)17-6-3-9-22(17)11-12-4-1-2-5-16(12)23(25)26/h1-2,4-5,7-8,10,17H,3,6,9,11H2,(H,21,24)/t17-/m0/s1. The smallest absolute Gasteiger partial charge is 0.273 e. The fourth-order valence-corrected chi connectivity index (χ4v) is 3.62. The van der Waals surface area contributed by atoms with Gasteiger partial charge in [-0.05, 0) is 37.6 Å². The monoisotopic (exact) mass is 393 g/mol. The average Bonchev–Trinajstić information content (AvgIpc) is 3.06. The van der Waals surface area contributed by atoms with Crippen LogP contribution in [0.15, 0.2) is 42.5 Å². The van der Waals surface area contributed by atoms with Crippen LogP contribution in [0.2, 0.25) is 10.0 Å². The molecule has 8 heteroatoms. The molecule has 0 unspecified atom stereocenters. The van der Waals surface area contributed by atoms with Gasteiger partial charge in [-0.1, -0.05) is 41.4 Å². The van der Waals surface area contributed by atoms with Gasteiger partial charge in [-0.3, -0.25) is 19.8 Å². The van der Waals surface area contributed by atoms with Gasteiger partial charge in [0.05, 0.1) is 21.7 Å². The van der Waals surface area contributed by atoms with Crippen LogP contribution in [0.4, 0.5) is 11.4 Å². The SMILES string of the molecule is O=C(Nc1ccc(Cl)cc1Cl)[C@@H]1CCCN1Cc1ccccc1[N+](=O)[O-]. The fraction of sp³-hybridized carbons (Fsp3) is 0.278. The van der Waals surface area contributed by atoms with Crippen LogP contribution >= 0.6 is 23.2 Å². The number of hydrogen-bond donors (Lipinski definition) is 1. The molecule has 1 aliphatic rings. The van der Waals surface area contributed by atoms with Crippen LogP contribution in [0, 0.1) is 10.1 Å². The number of halogens is 2. The average molecular weight is 394 g/mol. The van der Waals surface area contributed by atoms with Gasteiger partial charge in [0, 0.05) is 23.2 Å². The first-order valence-corrected chi connectivity index (χ1v) is 8.93. The summed E-state index contributed by atoms with van der Waals surface area (Å²) in [4.78, 5) is 25.5. The van der Waals surface area contributed by atoms with Crippen LogP contribution in [0.1, 0.15) is 18.4 Å². The van der Waals surface area contributed by atoms with Gasteiger partial charge in [-0.15, -0.1) is 0 Å². The Morgan fingerprint density at radius 2 is 2.04 bits per heavy atom. The van der Waals surface area contributed by atoms with Crippen molar-refractivity contribution in [1.82, 2.24) is 4.90 Å². The number of carbonyl (C=O) groups is 1. The van der Waals surface area contributed by atoms with Gasteiger partial charge in [0.15, 0.2) is 0 Å². The molecule has 0 radical (unpaired) electrons. The Morgan fingerprint density at radius 3 is 2.77 bits per heavy atom. The number of carbonyl (C=O) groups excluding carboxylic acids is 1. The molecule has 0 spiro atoms. The number of benzene rings is 2. The molecule has 1 saturated heterocycles. The number of hydrogen-bond acceptors (Lipinski definition) is 4. The summed E-state index contributed by atoms with van der Waals surface area (Å²) in [5.41, 5.74) is 1.17. The molecule has 0 bridgehead atoms. The van der Waals surface area contributed by atoms with Crippen molar-refractivity contribution in [2.45, 2.75) is 25.4 Å². The summed E-state index contributed by atoms with van der Waals surface area (Å²) in [5, 5.41) is 14.9. The normalized spacial score (nSPS) is 17.2. The van der Waals surface area contributed by atoms with Gasteiger partial charge in [0.2, 0.25) is 5.91 Å². The van der Waals surface area contributed by atoms with Crippen molar-refractivity contribution in [1.29, 1.82) is 0 Å². The molecule has 26 heavy (non-hydrogen) atoms. The third-order valence-corrected chi connectivity index (χ3v) is 4.96. The minimum Gasteiger partial charge on any atom is -0.323 e. The lowest BCUT2D eigenvalue weighted by atomic mass is 10.1. The van der Waals surface area contributed by atoms with Gasteiger partial charge in [0.1, 0.15) is 0 Å². The number of para-hydroxylation sites is 1. The van der Waals surface area contributed by atoms with Crippen LogP contribution in [0.3, 0.4) is 0 Å². The maximum absolute atomic E-state index is 12.7. The number of nitrogens with zero attached hydrogens (tertiary/aromatic N) is 2. The molecule has 0 aromatic heterocycles. The number of nitro groups is 1. The Balaban J connectivity index is 1.74. The largest absolute Gasteiger partial charge is 0.323 e. The molecule has 1 amide bonds. The minimum atomic E-state index is -0.395. The van der Waals surface area contributed by atoms with Crippen LogP contribution in [-0.2, 0) is 11.3 Å². The molecular weight excluding hydrogens is 377 g/mol. The Kier molecular flexibility index (Phi) is 5.76. The van der Waals surface area contributed by atoms with E-state index in [1.165, 1.54) is 6.07 Å². The van der Waals surface area contributed by atoms with E-state index in [-0.39, 0.29) is 17.6 Å². The molecule has 1 heterocycles. The highest BCUT2D eigenvalue weighted by Gasteiger charge is 2.32. The molecule has 1 N–H and O–H groups in total. The summed E-state index contributed by atoms with van der Waals surface area (Å²) in [6, 6.07) is 11.1. The number of anilines is 1. The van der Waals surface area contributed by atoms with Crippen LogP contribution in [-0.4, -0.2) is 28.3 Å². The second-order valence-corrected chi connectivity index (χ2v) is 6.97. The molecule has 1 atom stereocenters. The van der Waals surface area contributed by atoms with Gasteiger partial charge < -0.3 is 5.32 Å². The van der Waals surface area contributed by atoms with E-state index in [0.29, 0.717) is 40.8 Å². The van der Waals surface area contributed by atoms with E-state index >= 15 is 0 Å². The van der Waals surface area contributed by atoms with E-state index in [1.54, 1.807) is 36.4 Å². The zero-order valence-corrected chi connectivity index (χ0v) is 15.3. The molecule has 6 nitrogen and oxygen atoms in total. The van der Waals surface area contributed by atoms with E-state index < -0.39 is 4.92 Å². The summed E-state index contributed by atoms with van der Waals surface area (Å²) in [5.74, 6) is -0.176. The Labute approximate surface area is 160 Å². The van der Waals surface area contributed by atoms with E-state index in [1.807, 2.05) is 4.90 Å². The molecule has 1 aliphatic heterocycles. The third-order valence-electron chi connectivity index (χ3n) is 4.42. The number of amides is 1. The highest BCUT2D eigenvalue weighted by molar-refractivity contribution is 6.36.